The Bertz CT molecular complexity index is 1050. The minimum Gasteiger partial charge on any atom is -0.308 e. The molecule has 0 aromatic heterocycles. The number of rotatable bonds is 8. The van der Waals surface area contributed by atoms with Gasteiger partial charge in [-0.25, -0.2) is 21.6 Å². The van der Waals surface area contributed by atoms with E-state index < -0.39 is 26.1 Å². The van der Waals surface area contributed by atoms with Gasteiger partial charge in [-0.05, 0) is 76.2 Å². The molecule has 0 spiro atoms. The highest BCUT2D eigenvalue weighted by Crippen LogP contribution is 2.21. The number of anilines is 2. The molecule has 0 bridgehead atoms. The van der Waals surface area contributed by atoms with Crippen molar-refractivity contribution in [1.82, 2.24) is 8.61 Å². The normalized spacial score (nSPS) is 12.6. The van der Waals surface area contributed by atoms with Gasteiger partial charge in [-0.1, -0.05) is 0 Å². The van der Waals surface area contributed by atoms with Crippen molar-refractivity contribution in [3.05, 3.63) is 48.5 Å². The fourth-order valence-corrected chi connectivity index (χ4v) is 5.34. The summed E-state index contributed by atoms with van der Waals surface area (Å²) < 4.78 is 52.6. The van der Waals surface area contributed by atoms with Crippen LogP contribution in [0.3, 0.4) is 0 Å². The Morgan fingerprint density at radius 3 is 1.19 bits per heavy atom. The Morgan fingerprint density at radius 1 is 0.656 bits per heavy atom. The van der Waals surface area contributed by atoms with Crippen LogP contribution >= 0.6 is 0 Å². The van der Waals surface area contributed by atoms with Gasteiger partial charge in [-0.3, -0.25) is 0 Å². The molecule has 2 rings (SSSR count). The van der Waals surface area contributed by atoms with Crippen molar-refractivity contribution >= 4 is 37.5 Å². The number of nitrogens with zero attached hydrogens (tertiary/aromatic N) is 2. The van der Waals surface area contributed by atoms with E-state index in [4.69, 9.17) is 0 Å². The number of benzene rings is 2. The summed E-state index contributed by atoms with van der Waals surface area (Å²) in [5.41, 5.74) is 0.817. The van der Waals surface area contributed by atoms with Crippen molar-refractivity contribution in [2.75, 3.05) is 24.7 Å². The van der Waals surface area contributed by atoms with E-state index in [2.05, 4.69) is 10.6 Å². The number of urea groups is 1. The first-order chi connectivity index (χ1) is 14.8. The molecule has 32 heavy (non-hydrogen) atoms. The van der Waals surface area contributed by atoms with E-state index in [1.54, 1.807) is 27.7 Å². The van der Waals surface area contributed by atoms with E-state index >= 15 is 0 Å². The highest BCUT2D eigenvalue weighted by atomic mass is 32.2. The lowest BCUT2D eigenvalue weighted by Crippen LogP contribution is -2.33. The first-order valence-corrected chi connectivity index (χ1v) is 12.9. The maximum absolute atomic E-state index is 12.5. The van der Waals surface area contributed by atoms with Crippen LogP contribution in [-0.4, -0.2) is 57.7 Å². The molecule has 0 aliphatic carbocycles. The van der Waals surface area contributed by atoms with Gasteiger partial charge in [0.1, 0.15) is 0 Å². The molecule has 2 amide bonds. The van der Waals surface area contributed by atoms with Crippen molar-refractivity contribution in [3.63, 3.8) is 0 Å². The molecule has 0 saturated carbocycles. The van der Waals surface area contributed by atoms with E-state index in [9.17, 15) is 21.6 Å². The molecule has 0 unspecified atom stereocenters. The molecule has 9 nitrogen and oxygen atoms in total. The highest BCUT2D eigenvalue weighted by molar-refractivity contribution is 7.89. The number of carbonyl (C=O) groups is 1. The molecule has 0 saturated heterocycles. The molecule has 2 aromatic carbocycles. The second-order valence-corrected chi connectivity index (χ2v) is 11.9. The average molecular weight is 483 g/mol. The van der Waals surface area contributed by atoms with Crippen LogP contribution in [0.25, 0.3) is 0 Å². The van der Waals surface area contributed by atoms with Crippen LogP contribution in [0.5, 0.6) is 0 Å². The van der Waals surface area contributed by atoms with E-state index in [0.717, 1.165) is 0 Å². The second-order valence-electron chi connectivity index (χ2n) is 7.86. The van der Waals surface area contributed by atoms with E-state index in [-0.39, 0.29) is 21.9 Å². The summed E-state index contributed by atoms with van der Waals surface area (Å²) in [5.74, 6) is 0. The van der Waals surface area contributed by atoms with Crippen LogP contribution in [0.1, 0.15) is 27.7 Å². The molecular weight excluding hydrogens is 452 g/mol. The number of amides is 2. The van der Waals surface area contributed by atoms with Crippen LogP contribution in [0, 0.1) is 0 Å². The molecular formula is C21H30N4O5S2. The molecule has 0 radical (unpaired) electrons. The number of hydrogen-bond donors (Lipinski definition) is 2. The first-order valence-electron chi connectivity index (χ1n) is 10.0. The SMILES string of the molecule is CC(C)N(C)S(=O)(=O)c1ccc(NC(=O)Nc2ccc(S(=O)(=O)N(C)C(C)C)cc2)cc1. The van der Waals surface area contributed by atoms with Gasteiger partial charge in [-0.15, -0.1) is 0 Å². The quantitative estimate of drug-likeness (QED) is 0.598. The average Bonchev–Trinajstić information content (AvgIpc) is 2.73. The fourth-order valence-electron chi connectivity index (χ4n) is 2.60. The van der Waals surface area contributed by atoms with Crippen molar-refractivity contribution in [2.45, 2.75) is 49.6 Å². The number of sulfonamides is 2. The Hall–Kier alpha value is -2.47. The Morgan fingerprint density at radius 2 is 0.938 bits per heavy atom. The standard InChI is InChI=1S/C21H30N4O5S2/c1-15(2)24(5)31(27,28)19-11-7-17(8-12-19)22-21(26)23-18-9-13-20(14-10-18)32(29,30)25(6)16(3)4/h7-16H,1-6H3,(H2,22,23,26). The minimum atomic E-state index is -3.61. The van der Waals surface area contributed by atoms with Gasteiger partial charge in [-0.2, -0.15) is 8.61 Å². The zero-order valence-electron chi connectivity index (χ0n) is 19.0. The third kappa shape index (κ3) is 5.85. The first kappa shape index (κ1) is 25.8. The highest BCUT2D eigenvalue weighted by Gasteiger charge is 2.24. The summed E-state index contributed by atoms with van der Waals surface area (Å²) in [7, 11) is -4.19. The molecule has 0 atom stereocenters. The monoisotopic (exact) mass is 482 g/mol. The molecule has 176 valence electrons. The predicted molar refractivity (Wildman–Crippen MR) is 126 cm³/mol. The molecule has 0 heterocycles. The summed E-state index contributed by atoms with van der Waals surface area (Å²) in [5, 5.41) is 5.23. The molecule has 2 aromatic rings. The van der Waals surface area contributed by atoms with E-state index in [1.165, 1.54) is 71.2 Å². The van der Waals surface area contributed by atoms with Crippen LogP contribution in [0.4, 0.5) is 16.2 Å². The van der Waals surface area contributed by atoms with Crippen molar-refractivity contribution < 1.29 is 21.6 Å². The van der Waals surface area contributed by atoms with Gasteiger partial charge in [0.15, 0.2) is 0 Å². The third-order valence-corrected chi connectivity index (χ3v) is 9.13. The predicted octanol–water partition coefficient (Wildman–Crippen LogP) is 3.39. The van der Waals surface area contributed by atoms with Crippen molar-refractivity contribution in [2.24, 2.45) is 0 Å². The maximum Gasteiger partial charge on any atom is 0.323 e. The minimum absolute atomic E-state index is 0.128. The van der Waals surface area contributed by atoms with Crippen molar-refractivity contribution in [1.29, 1.82) is 0 Å². The molecule has 0 aliphatic rings. The van der Waals surface area contributed by atoms with Gasteiger partial charge >= 0.3 is 6.03 Å². The van der Waals surface area contributed by atoms with Gasteiger partial charge in [0.05, 0.1) is 9.79 Å². The van der Waals surface area contributed by atoms with Crippen LogP contribution < -0.4 is 10.6 Å². The zero-order chi connectivity index (χ0) is 24.3. The Balaban J connectivity index is 2.06. The second kappa shape index (κ2) is 9.99. The summed E-state index contributed by atoms with van der Waals surface area (Å²) in [6.45, 7) is 7.12. The van der Waals surface area contributed by atoms with Crippen LogP contribution in [0.2, 0.25) is 0 Å². The topological polar surface area (TPSA) is 116 Å². The Labute approximate surface area is 190 Å². The zero-order valence-corrected chi connectivity index (χ0v) is 20.7. The largest absolute Gasteiger partial charge is 0.323 e. The third-order valence-electron chi connectivity index (χ3n) is 5.03. The smallest absolute Gasteiger partial charge is 0.308 e. The lowest BCUT2D eigenvalue weighted by Gasteiger charge is -2.21. The summed E-state index contributed by atoms with van der Waals surface area (Å²) in [6.07, 6.45) is 0. The summed E-state index contributed by atoms with van der Waals surface area (Å²) >= 11 is 0. The summed E-state index contributed by atoms with van der Waals surface area (Å²) in [6, 6.07) is 10.8. The summed E-state index contributed by atoms with van der Waals surface area (Å²) in [4.78, 5) is 12.5. The van der Waals surface area contributed by atoms with Gasteiger partial charge in [0.2, 0.25) is 20.0 Å². The number of carbonyl (C=O) groups excluding carboxylic acids is 1. The lowest BCUT2D eigenvalue weighted by molar-refractivity contribution is 0.262. The van der Waals surface area contributed by atoms with Gasteiger partial charge in [0, 0.05) is 37.6 Å². The van der Waals surface area contributed by atoms with E-state index in [0.29, 0.717) is 11.4 Å². The number of hydrogen-bond acceptors (Lipinski definition) is 5. The Kier molecular flexibility index (Phi) is 8.05. The van der Waals surface area contributed by atoms with Crippen LogP contribution in [0.15, 0.2) is 58.3 Å². The maximum atomic E-state index is 12.5. The molecule has 2 N–H and O–H groups in total. The molecule has 11 heteroatoms. The number of nitrogens with one attached hydrogen (secondary N) is 2. The van der Waals surface area contributed by atoms with Crippen molar-refractivity contribution in [3.8, 4) is 0 Å². The molecule has 0 aliphatic heterocycles. The van der Waals surface area contributed by atoms with E-state index in [1.807, 2.05) is 0 Å². The van der Waals surface area contributed by atoms with Crippen LogP contribution in [-0.2, 0) is 20.0 Å². The molecule has 0 fully saturated rings. The lowest BCUT2D eigenvalue weighted by atomic mass is 10.3. The van der Waals surface area contributed by atoms with Gasteiger partial charge < -0.3 is 10.6 Å². The fraction of sp³-hybridized carbons (Fsp3) is 0.381. The van der Waals surface area contributed by atoms with Gasteiger partial charge in [0.25, 0.3) is 0 Å².